The smallest absolute Gasteiger partial charge is 0.169 e. The Morgan fingerprint density at radius 2 is 1.89 bits per heavy atom. The molecular formula is C23H31ClN2OS. The average molecular weight is 419 g/mol. The first-order valence-corrected chi connectivity index (χ1v) is 10.4. The van der Waals surface area contributed by atoms with Crippen molar-refractivity contribution in [3.05, 3.63) is 60.0 Å². The van der Waals surface area contributed by atoms with E-state index in [-0.39, 0.29) is 0 Å². The second-order valence-electron chi connectivity index (χ2n) is 4.91. The molecule has 0 radical (unpaired) electrons. The Hall–Kier alpha value is -2.27. The van der Waals surface area contributed by atoms with Gasteiger partial charge in [0.15, 0.2) is 5.60 Å². The normalized spacial score (nSPS) is 12.2. The molecule has 3 nitrogen and oxygen atoms in total. The summed E-state index contributed by atoms with van der Waals surface area (Å²) >= 11 is 7.38. The zero-order chi connectivity index (χ0) is 22.2. The minimum atomic E-state index is -0.575. The molecule has 2 rings (SSSR count). The third kappa shape index (κ3) is 8.17. The van der Waals surface area contributed by atoms with Crippen LogP contribution in [0.15, 0.2) is 49.4 Å². The number of nitrogens with one attached hydrogen (secondary N) is 1. The number of ether oxygens (including phenoxy) is 1. The summed E-state index contributed by atoms with van der Waals surface area (Å²) in [5, 5.41) is 9.45. The topological polar surface area (TPSA) is 45.0 Å². The Labute approximate surface area is 180 Å². The van der Waals surface area contributed by atoms with E-state index in [1.807, 2.05) is 33.8 Å². The van der Waals surface area contributed by atoms with Crippen LogP contribution in [0.25, 0.3) is 0 Å². The van der Waals surface area contributed by atoms with Crippen molar-refractivity contribution < 1.29 is 4.74 Å². The van der Waals surface area contributed by atoms with Crippen LogP contribution in [0.3, 0.4) is 0 Å². The van der Waals surface area contributed by atoms with Gasteiger partial charge in [0.1, 0.15) is 11.8 Å². The fourth-order valence-electron chi connectivity index (χ4n) is 1.95. The zero-order valence-electron chi connectivity index (χ0n) is 17.4. The van der Waals surface area contributed by atoms with E-state index in [0.717, 1.165) is 24.2 Å². The Bertz CT molecular complexity index is 713. The molecule has 1 saturated carbocycles. The molecule has 0 unspecified atom stereocenters. The van der Waals surface area contributed by atoms with Crippen molar-refractivity contribution in [2.24, 2.45) is 0 Å². The van der Waals surface area contributed by atoms with Gasteiger partial charge in [-0.15, -0.1) is 19.6 Å². The Balaban J connectivity index is 0. The minimum Gasteiger partial charge on any atom is -0.472 e. The summed E-state index contributed by atoms with van der Waals surface area (Å²) in [6.45, 7) is 21.5. The lowest BCUT2D eigenvalue weighted by molar-refractivity contribution is 0.0509. The minimum absolute atomic E-state index is 0.335. The van der Waals surface area contributed by atoms with Crippen LogP contribution in [0.2, 0.25) is 5.02 Å². The van der Waals surface area contributed by atoms with Crippen LogP contribution >= 0.6 is 23.5 Å². The van der Waals surface area contributed by atoms with E-state index in [4.69, 9.17) is 28.0 Å². The highest BCUT2D eigenvalue weighted by Crippen LogP contribution is 2.41. The van der Waals surface area contributed by atoms with Crippen LogP contribution in [0, 0.1) is 23.7 Å². The van der Waals surface area contributed by atoms with Gasteiger partial charge in [-0.1, -0.05) is 64.5 Å². The fourth-order valence-corrected chi connectivity index (χ4v) is 2.63. The van der Waals surface area contributed by atoms with E-state index >= 15 is 0 Å². The highest BCUT2D eigenvalue weighted by molar-refractivity contribution is 8.04. The Kier molecular flexibility index (Phi) is 15.7. The van der Waals surface area contributed by atoms with E-state index in [2.05, 4.69) is 37.0 Å². The number of halogens is 1. The summed E-state index contributed by atoms with van der Waals surface area (Å²) in [5.74, 6) is 3.25. The first-order chi connectivity index (χ1) is 13.5. The Morgan fingerprint density at radius 1 is 1.32 bits per heavy atom. The first kappa shape index (κ1) is 27.9. The maximum Gasteiger partial charge on any atom is 0.169 e. The first-order valence-electron chi connectivity index (χ1n) is 9.18. The predicted molar refractivity (Wildman–Crippen MR) is 127 cm³/mol. The van der Waals surface area contributed by atoms with E-state index in [1.165, 1.54) is 11.9 Å². The number of anilines is 1. The maximum absolute atomic E-state index is 9.12. The highest BCUT2D eigenvalue weighted by atomic mass is 35.5. The van der Waals surface area contributed by atoms with Crippen LogP contribution in [-0.4, -0.2) is 5.60 Å². The van der Waals surface area contributed by atoms with E-state index in [0.29, 0.717) is 22.0 Å². The number of benzene rings is 1. The van der Waals surface area contributed by atoms with Crippen molar-refractivity contribution in [1.29, 1.82) is 5.26 Å². The predicted octanol–water partition coefficient (Wildman–Crippen LogP) is 7.76. The molecule has 0 bridgehead atoms. The summed E-state index contributed by atoms with van der Waals surface area (Å²) in [6, 6.07) is 5.31. The standard InChI is InChI=1S/C17H15ClN2OS.2C2H6.C2H4/c1-4-12(3)22-20-15-9-13(11-19)14(18)10-16(15)21-17(5-2)7-6-8-17;3*1-2/h2,4,9-10,20H,1,3,6-8H2;2*1-2H3;1-2H2. The lowest BCUT2D eigenvalue weighted by Crippen LogP contribution is -2.41. The van der Waals surface area contributed by atoms with Crippen LogP contribution < -0.4 is 9.46 Å². The van der Waals surface area contributed by atoms with Crippen molar-refractivity contribution in [3.63, 3.8) is 0 Å². The molecule has 0 amide bonds. The van der Waals surface area contributed by atoms with Gasteiger partial charge >= 0.3 is 0 Å². The molecule has 1 aliphatic rings. The Morgan fingerprint density at radius 3 is 2.29 bits per heavy atom. The molecule has 1 N–H and O–H groups in total. The molecule has 28 heavy (non-hydrogen) atoms. The lowest BCUT2D eigenvalue weighted by atomic mass is 9.81. The third-order valence-electron chi connectivity index (χ3n) is 3.44. The number of hydrogen-bond acceptors (Lipinski definition) is 4. The van der Waals surface area contributed by atoms with Crippen LogP contribution in [-0.2, 0) is 0 Å². The van der Waals surface area contributed by atoms with E-state index < -0.39 is 5.60 Å². The number of nitrogens with zero attached hydrogens (tertiary/aromatic N) is 1. The number of hydrogen-bond donors (Lipinski definition) is 1. The summed E-state index contributed by atoms with van der Waals surface area (Å²) < 4.78 is 9.11. The third-order valence-corrected chi connectivity index (χ3v) is 4.50. The molecule has 1 aliphatic carbocycles. The summed E-state index contributed by atoms with van der Waals surface area (Å²) in [7, 11) is 0. The fraction of sp³-hybridized carbons (Fsp3) is 0.348. The van der Waals surface area contributed by atoms with Gasteiger partial charge in [-0.3, -0.25) is 0 Å². The molecule has 152 valence electrons. The van der Waals surface area contributed by atoms with Crippen molar-refractivity contribution in [1.82, 2.24) is 0 Å². The molecule has 5 heteroatoms. The van der Waals surface area contributed by atoms with Crippen LogP contribution in [0.1, 0.15) is 52.5 Å². The van der Waals surface area contributed by atoms with Gasteiger partial charge in [-0.2, -0.15) is 5.26 Å². The molecule has 0 aromatic heterocycles. The van der Waals surface area contributed by atoms with Gasteiger partial charge in [0.05, 0.1) is 16.3 Å². The molecule has 0 atom stereocenters. The van der Waals surface area contributed by atoms with Crippen molar-refractivity contribution in [2.45, 2.75) is 52.6 Å². The zero-order valence-corrected chi connectivity index (χ0v) is 19.0. The van der Waals surface area contributed by atoms with E-state index in [1.54, 1.807) is 18.2 Å². The summed E-state index contributed by atoms with van der Waals surface area (Å²) in [5.41, 5.74) is 0.425. The number of nitriles is 1. The summed E-state index contributed by atoms with van der Waals surface area (Å²) in [4.78, 5) is 0.745. The molecule has 1 fully saturated rings. The lowest BCUT2D eigenvalue weighted by Gasteiger charge is -2.37. The van der Waals surface area contributed by atoms with E-state index in [9.17, 15) is 0 Å². The molecule has 0 aliphatic heterocycles. The second kappa shape index (κ2) is 15.8. The van der Waals surface area contributed by atoms with Gasteiger partial charge in [0.25, 0.3) is 0 Å². The number of allylic oxidation sites excluding steroid dienone is 1. The van der Waals surface area contributed by atoms with Gasteiger partial charge < -0.3 is 9.46 Å². The second-order valence-corrected chi connectivity index (χ2v) is 6.25. The largest absolute Gasteiger partial charge is 0.472 e. The molecule has 1 aromatic carbocycles. The maximum atomic E-state index is 9.12. The van der Waals surface area contributed by atoms with Gasteiger partial charge in [-0.25, -0.2) is 0 Å². The van der Waals surface area contributed by atoms with Crippen molar-refractivity contribution in [3.8, 4) is 24.2 Å². The van der Waals surface area contributed by atoms with Crippen LogP contribution in [0.4, 0.5) is 5.69 Å². The SMILES string of the molecule is C#CC1(Oc2cc(Cl)c(C#N)cc2NSC(=C)C=C)CCC1.C=C.CC.CC. The van der Waals surface area contributed by atoms with Gasteiger partial charge in [0.2, 0.25) is 0 Å². The molecule has 0 saturated heterocycles. The quantitative estimate of drug-likeness (QED) is 0.222. The highest BCUT2D eigenvalue weighted by Gasteiger charge is 2.38. The van der Waals surface area contributed by atoms with Crippen molar-refractivity contribution in [2.75, 3.05) is 4.72 Å². The number of terminal acetylenes is 1. The number of rotatable bonds is 6. The molecular weight excluding hydrogens is 388 g/mol. The van der Waals surface area contributed by atoms with Gasteiger partial charge in [0, 0.05) is 11.0 Å². The monoisotopic (exact) mass is 418 g/mol. The van der Waals surface area contributed by atoms with Crippen molar-refractivity contribution >= 4 is 29.2 Å². The molecule has 0 heterocycles. The molecule has 1 aromatic rings. The van der Waals surface area contributed by atoms with Crippen LogP contribution in [0.5, 0.6) is 5.75 Å². The summed E-state index contributed by atoms with van der Waals surface area (Å²) in [6.07, 6.45) is 9.89. The van der Waals surface area contributed by atoms with Gasteiger partial charge in [-0.05, 0) is 37.3 Å². The molecule has 0 spiro atoms. The average Bonchev–Trinajstić information content (AvgIpc) is 2.74.